The molecule has 0 aromatic heterocycles. The first-order valence-electron chi connectivity index (χ1n) is 5.81. The lowest BCUT2D eigenvalue weighted by atomic mass is 10.2. The maximum Gasteiger partial charge on any atom is 0.238 e. The molecule has 1 aromatic rings. The number of anilines is 2. The van der Waals surface area contributed by atoms with Crippen LogP contribution in [-0.4, -0.2) is 30.9 Å². The molecule has 4 heteroatoms. The second-order valence-corrected chi connectivity index (χ2v) is 4.76. The monoisotopic (exact) mass is 235 g/mol. The van der Waals surface area contributed by atoms with E-state index in [-0.39, 0.29) is 5.91 Å². The van der Waals surface area contributed by atoms with Gasteiger partial charge in [0.1, 0.15) is 0 Å². The van der Waals surface area contributed by atoms with E-state index in [9.17, 15) is 4.79 Å². The lowest BCUT2D eigenvalue weighted by molar-refractivity contribution is -0.117. The SMILES string of the molecule is CC(C)CN(C)CC(=O)Nc1ccc(N)cc1. The van der Waals surface area contributed by atoms with Gasteiger partial charge in [-0.15, -0.1) is 0 Å². The predicted molar refractivity (Wildman–Crippen MR) is 71.8 cm³/mol. The molecule has 17 heavy (non-hydrogen) atoms. The van der Waals surface area contributed by atoms with Gasteiger partial charge in [0, 0.05) is 17.9 Å². The number of hydrogen-bond acceptors (Lipinski definition) is 3. The number of nitrogens with zero attached hydrogens (tertiary/aromatic N) is 1. The van der Waals surface area contributed by atoms with Crippen LogP contribution in [0.2, 0.25) is 0 Å². The summed E-state index contributed by atoms with van der Waals surface area (Å²) >= 11 is 0. The Kier molecular flexibility index (Phi) is 4.97. The molecule has 4 nitrogen and oxygen atoms in total. The summed E-state index contributed by atoms with van der Waals surface area (Å²) in [6, 6.07) is 7.15. The number of nitrogens with one attached hydrogen (secondary N) is 1. The molecule has 0 aliphatic rings. The second-order valence-electron chi connectivity index (χ2n) is 4.76. The number of likely N-dealkylation sites (N-methyl/N-ethyl adjacent to an activating group) is 1. The Morgan fingerprint density at radius 1 is 1.35 bits per heavy atom. The fourth-order valence-corrected chi connectivity index (χ4v) is 1.70. The van der Waals surface area contributed by atoms with Gasteiger partial charge in [0.2, 0.25) is 5.91 Å². The van der Waals surface area contributed by atoms with Crippen molar-refractivity contribution in [2.24, 2.45) is 5.92 Å². The van der Waals surface area contributed by atoms with Crippen LogP contribution in [0.5, 0.6) is 0 Å². The number of hydrogen-bond donors (Lipinski definition) is 2. The molecule has 0 aliphatic carbocycles. The van der Waals surface area contributed by atoms with E-state index in [1.165, 1.54) is 0 Å². The maximum absolute atomic E-state index is 11.7. The van der Waals surface area contributed by atoms with Crippen LogP contribution >= 0.6 is 0 Å². The minimum atomic E-state index is -0.00192. The third-order valence-electron chi connectivity index (χ3n) is 2.28. The summed E-state index contributed by atoms with van der Waals surface area (Å²) in [4.78, 5) is 13.7. The van der Waals surface area contributed by atoms with Crippen LogP contribution in [0.3, 0.4) is 0 Å². The van der Waals surface area contributed by atoms with Gasteiger partial charge in [-0.25, -0.2) is 0 Å². The van der Waals surface area contributed by atoms with Crippen molar-refractivity contribution in [3.8, 4) is 0 Å². The van der Waals surface area contributed by atoms with Crippen molar-refractivity contribution in [1.82, 2.24) is 4.90 Å². The van der Waals surface area contributed by atoms with Crippen LogP contribution in [0.15, 0.2) is 24.3 Å². The minimum Gasteiger partial charge on any atom is -0.399 e. The Morgan fingerprint density at radius 3 is 2.47 bits per heavy atom. The normalized spacial score (nSPS) is 10.9. The molecule has 94 valence electrons. The van der Waals surface area contributed by atoms with E-state index >= 15 is 0 Å². The molecular weight excluding hydrogens is 214 g/mol. The number of carbonyl (C=O) groups is 1. The Hall–Kier alpha value is -1.55. The van der Waals surface area contributed by atoms with Gasteiger partial charge in [0.05, 0.1) is 6.54 Å². The highest BCUT2D eigenvalue weighted by Gasteiger charge is 2.07. The van der Waals surface area contributed by atoms with Gasteiger partial charge in [-0.3, -0.25) is 9.69 Å². The van der Waals surface area contributed by atoms with Crippen LogP contribution in [0.25, 0.3) is 0 Å². The van der Waals surface area contributed by atoms with Crippen LogP contribution in [0, 0.1) is 5.92 Å². The quantitative estimate of drug-likeness (QED) is 0.765. The van der Waals surface area contributed by atoms with E-state index in [2.05, 4.69) is 19.2 Å². The summed E-state index contributed by atoms with van der Waals surface area (Å²) in [6.07, 6.45) is 0. The molecule has 0 atom stereocenters. The van der Waals surface area contributed by atoms with E-state index in [0.29, 0.717) is 18.2 Å². The molecular formula is C13H21N3O. The van der Waals surface area contributed by atoms with Crippen LogP contribution in [0.4, 0.5) is 11.4 Å². The van der Waals surface area contributed by atoms with E-state index in [1.54, 1.807) is 24.3 Å². The fourth-order valence-electron chi connectivity index (χ4n) is 1.70. The zero-order valence-corrected chi connectivity index (χ0v) is 10.7. The second kappa shape index (κ2) is 6.25. The van der Waals surface area contributed by atoms with E-state index in [4.69, 9.17) is 5.73 Å². The van der Waals surface area contributed by atoms with Gasteiger partial charge in [-0.1, -0.05) is 13.8 Å². The summed E-state index contributed by atoms with van der Waals surface area (Å²) in [7, 11) is 1.95. The topological polar surface area (TPSA) is 58.4 Å². The standard InChI is InChI=1S/C13H21N3O/c1-10(2)8-16(3)9-13(17)15-12-6-4-11(14)5-7-12/h4-7,10H,8-9,14H2,1-3H3,(H,15,17). The Balaban J connectivity index is 2.41. The Morgan fingerprint density at radius 2 is 1.94 bits per heavy atom. The van der Waals surface area contributed by atoms with E-state index < -0.39 is 0 Å². The molecule has 1 aromatic carbocycles. The molecule has 1 amide bonds. The highest BCUT2D eigenvalue weighted by molar-refractivity contribution is 5.92. The molecule has 0 spiro atoms. The van der Waals surface area contributed by atoms with Crippen LogP contribution < -0.4 is 11.1 Å². The van der Waals surface area contributed by atoms with Crippen LogP contribution in [0.1, 0.15) is 13.8 Å². The lowest BCUT2D eigenvalue weighted by Crippen LogP contribution is -2.32. The molecule has 0 saturated carbocycles. The number of benzene rings is 1. The molecule has 0 saturated heterocycles. The number of nitrogens with two attached hydrogens (primary N) is 1. The van der Waals surface area contributed by atoms with Gasteiger partial charge < -0.3 is 11.1 Å². The molecule has 0 fully saturated rings. The van der Waals surface area contributed by atoms with Crippen LogP contribution in [-0.2, 0) is 4.79 Å². The molecule has 0 heterocycles. The van der Waals surface area contributed by atoms with Crippen molar-refractivity contribution in [2.75, 3.05) is 31.2 Å². The molecule has 0 radical (unpaired) electrons. The lowest BCUT2D eigenvalue weighted by Gasteiger charge is -2.18. The smallest absolute Gasteiger partial charge is 0.238 e. The van der Waals surface area contributed by atoms with Gasteiger partial charge in [-0.05, 0) is 37.2 Å². The van der Waals surface area contributed by atoms with Crippen molar-refractivity contribution in [3.05, 3.63) is 24.3 Å². The third-order valence-corrected chi connectivity index (χ3v) is 2.28. The van der Waals surface area contributed by atoms with Gasteiger partial charge in [0.25, 0.3) is 0 Å². The van der Waals surface area contributed by atoms with Crippen molar-refractivity contribution in [3.63, 3.8) is 0 Å². The van der Waals surface area contributed by atoms with Crippen molar-refractivity contribution in [1.29, 1.82) is 0 Å². The summed E-state index contributed by atoms with van der Waals surface area (Å²) in [6.45, 7) is 5.58. The van der Waals surface area contributed by atoms with Gasteiger partial charge in [-0.2, -0.15) is 0 Å². The molecule has 0 unspecified atom stereocenters. The Bertz CT molecular complexity index is 359. The molecule has 3 N–H and O–H groups in total. The highest BCUT2D eigenvalue weighted by atomic mass is 16.2. The average molecular weight is 235 g/mol. The maximum atomic E-state index is 11.7. The number of rotatable bonds is 5. The summed E-state index contributed by atoms with van der Waals surface area (Å²) < 4.78 is 0. The van der Waals surface area contributed by atoms with E-state index in [1.807, 2.05) is 11.9 Å². The zero-order valence-electron chi connectivity index (χ0n) is 10.7. The first kappa shape index (κ1) is 13.5. The van der Waals surface area contributed by atoms with E-state index in [0.717, 1.165) is 12.2 Å². The zero-order chi connectivity index (χ0) is 12.8. The highest BCUT2D eigenvalue weighted by Crippen LogP contribution is 2.10. The number of carbonyl (C=O) groups excluding carboxylic acids is 1. The van der Waals surface area contributed by atoms with Crippen molar-refractivity contribution in [2.45, 2.75) is 13.8 Å². The fraction of sp³-hybridized carbons (Fsp3) is 0.462. The third kappa shape index (κ3) is 5.36. The largest absolute Gasteiger partial charge is 0.399 e. The first-order chi connectivity index (χ1) is 7.97. The number of amides is 1. The predicted octanol–water partition coefficient (Wildman–Crippen LogP) is 1.80. The van der Waals surface area contributed by atoms with Gasteiger partial charge >= 0.3 is 0 Å². The van der Waals surface area contributed by atoms with Crippen molar-refractivity contribution < 1.29 is 4.79 Å². The Labute approximate surface area is 103 Å². The summed E-state index contributed by atoms with van der Waals surface area (Å²) in [5.74, 6) is 0.558. The van der Waals surface area contributed by atoms with Gasteiger partial charge in [0.15, 0.2) is 0 Å². The molecule has 0 aliphatic heterocycles. The molecule has 1 rings (SSSR count). The summed E-state index contributed by atoms with van der Waals surface area (Å²) in [5, 5.41) is 2.84. The first-order valence-corrected chi connectivity index (χ1v) is 5.81. The number of nitrogen functional groups attached to an aromatic ring is 1. The summed E-state index contributed by atoms with van der Waals surface area (Å²) in [5.41, 5.74) is 7.05. The molecule has 0 bridgehead atoms. The average Bonchev–Trinajstić information content (AvgIpc) is 2.19. The minimum absolute atomic E-state index is 0.00192. The van der Waals surface area contributed by atoms with Crippen molar-refractivity contribution >= 4 is 17.3 Å².